The fourth-order valence-corrected chi connectivity index (χ4v) is 3.10. The lowest BCUT2D eigenvalue weighted by molar-refractivity contribution is -0.136. The van der Waals surface area contributed by atoms with E-state index in [1.807, 2.05) is 11.9 Å². The summed E-state index contributed by atoms with van der Waals surface area (Å²) in [5, 5.41) is 3.40. The average molecular weight is 254 g/mol. The summed E-state index contributed by atoms with van der Waals surface area (Å²) in [6, 6.07) is 0.471. The third-order valence-corrected chi connectivity index (χ3v) is 4.14. The van der Waals surface area contributed by atoms with Crippen LogP contribution in [0.1, 0.15) is 32.6 Å². The second kappa shape index (κ2) is 6.53. The van der Waals surface area contributed by atoms with Gasteiger partial charge in [0, 0.05) is 32.2 Å². The molecule has 2 fully saturated rings. The Labute approximate surface area is 110 Å². The van der Waals surface area contributed by atoms with Crippen LogP contribution in [0.2, 0.25) is 0 Å². The number of ether oxygens (including phenoxy) is 1. The van der Waals surface area contributed by atoms with Crippen LogP contribution in [0.3, 0.4) is 0 Å². The van der Waals surface area contributed by atoms with Gasteiger partial charge >= 0.3 is 0 Å². The summed E-state index contributed by atoms with van der Waals surface area (Å²) in [6.45, 7) is 5.70. The smallest absolute Gasteiger partial charge is 0.225 e. The molecular formula is C14H26N2O2. The van der Waals surface area contributed by atoms with E-state index in [1.54, 1.807) is 0 Å². The van der Waals surface area contributed by atoms with Crippen molar-refractivity contribution in [3.05, 3.63) is 0 Å². The molecule has 2 aliphatic rings. The molecule has 4 heteroatoms. The number of rotatable bonds is 3. The molecule has 0 aromatic rings. The van der Waals surface area contributed by atoms with Crippen molar-refractivity contribution in [1.82, 2.24) is 10.2 Å². The summed E-state index contributed by atoms with van der Waals surface area (Å²) in [5.41, 5.74) is 0. The summed E-state index contributed by atoms with van der Waals surface area (Å²) in [7, 11) is 1.95. The van der Waals surface area contributed by atoms with Crippen molar-refractivity contribution in [3.8, 4) is 0 Å². The molecule has 2 rings (SSSR count). The Morgan fingerprint density at radius 1 is 1.44 bits per heavy atom. The number of hydrogen-bond acceptors (Lipinski definition) is 3. The molecule has 0 spiro atoms. The second-order valence-corrected chi connectivity index (χ2v) is 5.88. The van der Waals surface area contributed by atoms with Crippen molar-refractivity contribution in [2.75, 3.05) is 33.4 Å². The van der Waals surface area contributed by atoms with Crippen LogP contribution in [0.4, 0.5) is 0 Å². The van der Waals surface area contributed by atoms with Gasteiger partial charge in [0.2, 0.25) is 5.91 Å². The molecule has 2 heterocycles. The average Bonchev–Trinajstić information content (AvgIpc) is 2.39. The molecule has 0 aliphatic carbocycles. The van der Waals surface area contributed by atoms with E-state index in [9.17, 15) is 4.79 Å². The lowest BCUT2D eigenvalue weighted by Crippen LogP contribution is -2.44. The van der Waals surface area contributed by atoms with Crippen molar-refractivity contribution in [3.63, 3.8) is 0 Å². The fourth-order valence-electron chi connectivity index (χ4n) is 3.10. The van der Waals surface area contributed by atoms with Crippen molar-refractivity contribution >= 4 is 5.91 Å². The van der Waals surface area contributed by atoms with Gasteiger partial charge in [0.1, 0.15) is 0 Å². The SMILES string of the molecule is CC1CC(C(=O)N(C)CC2CCCOC2)CCN1. The van der Waals surface area contributed by atoms with Crippen molar-refractivity contribution in [2.24, 2.45) is 11.8 Å². The first kappa shape index (κ1) is 13.8. The predicted molar refractivity (Wildman–Crippen MR) is 71.4 cm³/mol. The Hall–Kier alpha value is -0.610. The minimum atomic E-state index is 0.218. The van der Waals surface area contributed by atoms with Gasteiger partial charge in [-0.1, -0.05) is 0 Å². The first-order chi connectivity index (χ1) is 8.66. The monoisotopic (exact) mass is 254 g/mol. The number of piperidine rings is 1. The Bertz CT molecular complexity index is 277. The minimum absolute atomic E-state index is 0.218. The number of nitrogens with zero attached hydrogens (tertiary/aromatic N) is 1. The van der Waals surface area contributed by atoms with Gasteiger partial charge in [-0.15, -0.1) is 0 Å². The first-order valence-electron chi connectivity index (χ1n) is 7.23. The number of carbonyl (C=O) groups excluding carboxylic acids is 1. The van der Waals surface area contributed by atoms with E-state index in [0.717, 1.165) is 45.6 Å². The third kappa shape index (κ3) is 3.69. The van der Waals surface area contributed by atoms with Gasteiger partial charge in [-0.2, -0.15) is 0 Å². The highest BCUT2D eigenvalue weighted by Crippen LogP contribution is 2.20. The van der Waals surface area contributed by atoms with Crippen LogP contribution >= 0.6 is 0 Å². The predicted octanol–water partition coefficient (Wildman–Crippen LogP) is 1.26. The Morgan fingerprint density at radius 2 is 2.28 bits per heavy atom. The molecule has 3 atom stereocenters. The first-order valence-corrected chi connectivity index (χ1v) is 7.23. The van der Waals surface area contributed by atoms with Gasteiger partial charge in [-0.3, -0.25) is 4.79 Å². The number of hydrogen-bond donors (Lipinski definition) is 1. The largest absolute Gasteiger partial charge is 0.381 e. The molecule has 2 aliphatic heterocycles. The molecule has 0 radical (unpaired) electrons. The van der Waals surface area contributed by atoms with Crippen LogP contribution in [0, 0.1) is 11.8 Å². The van der Waals surface area contributed by atoms with Crippen molar-refractivity contribution < 1.29 is 9.53 Å². The Morgan fingerprint density at radius 3 is 2.94 bits per heavy atom. The van der Waals surface area contributed by atoms with E-state index >= 15 is 0 Å². The topological polar surface area (TPSA) is 41.6 Å². The zero-order valence-corrected chi connectivity index (χ0v) is 11.7. The molecule has 3 unspecified atom stereocenters. The maximum absolute atomic E-state index is 12.4. The number of amides is 1. The van der Waals surface area contributed by atoms with Crippen LogP contribution in [0.5, 0.6) is 0 Å². The minimum Gasteiger partial charge on any atom is -0.381 e. The summed E-state index contributed by atoms with van der Waals surface area (Å²) in [6.07, 6.45) is 4.29. The van der Waals surface area contributed by atoms with E-state index in [0.29, 0.717) is 17.9 Å². The van der Waals surface area contributed by atoms with E-state index < -0.39 is 0 Å². The lowest BCUT2D eigenvalue weighted by atomic mass is 9.91. The molecule has 0 bridgehead atoms. The maximum Gasteiger partial charge on any atom is 0.225 e. The van der Waals surface area contributed by atoms with Gasteiger partial charge in [0.05, 0.1) is 6.61 Å². The lowest BCUT2D eigenvalue weighted by Gasteiger charge is -2.32. The fraction of sp³-hybridized carbons (Fsp3) is 0.929. The standard InChI is InChI=1S/C14H26N2O2/c1-11-8-13(5-6-15-11)14(17)16(2)9-12-4-3-7-18-10-12/h11-13,15H,3-10H2,1-2H3. The molecule has 0 aromatic carbocycles. The van der Waals surface area contributed by atoms with Gasteiger partial charge in [-0.05, 0) is 45.1 Å². The van der Waals surface area contributed by atoms with Crippen molar-refractivity contribution in [1.29, 1.82) is 0 Å². The highest BCUT2D eigenvalue weighted by Gasteiger charge is 2.28. The number of carbonyl (C=O) groups is 1. The van der Waals surface area contributed by atoms with Crippen LogP contribution in [-0.4, -0.2) is 50.2 Å². The maximum atomic E-state index is 12.4. The zero-order chi connectivity index (χ0) is 13.0. The molecular weight excluding hydrogens is 228 g/mol. The van der Waals surface area contributed by atoms with Gasteiger partial charge in [-0.25, -0.2) is 0 Å². The normalized spacial score (nSPS) is 33.1. The quantitative estimate of drug-likeness (QED) is 0.824. The van der Waals surface area contributed by atoms with Crippen LogP contribution in [0.25, 0.3) is 0 Å². The molecule has 0 saturated carbocycles. The highest BCUT2D eigenvalue weighted by atomic mass is 16.5. The summed E-state index contributed by atoms with van der Waals surface area (Å²) >= 11 is 0. The summed E-state index contributed by atoms with van der Waals surface area (Å²) in [4.78, 5) is 14.3. The van der Waals surface area contributed by atoms with Gasteiger partial charge in [0.25, 0.3) is 0 Å². The molecule has 1 N–H and O–H groups in total. The van der Waals surface area contributed by atoms with Crippen LogP contribution < -0.4 is 5.32 Å². The molecule has 2 saturated heterocycles. The van der Waals surface area contributed by atoms with Crippen LogP contribution in [-0.2, 0) is 9.53 Å². The number of nitrogens with one attached hydrogen (secondary N) is 1. The summed E-state index contributed by atoms with van der Waals surface area (Å²) < 4.78 is 5.48. The molecule has 4 nitrogen and oxygen atoms in total. The van der Waals surface area contributed by atoms with Gasteiger partial charge < -0.3 is 15.0 Å². The molecule has 104 valence electrons. The zero-order valence-electron chi connectivity index (χ0n) is 11.7. The molecule has 18 heavy (non-hydrogen) atoms. The molecule has 0 aromatic heterocycles. The van der Waals surface area contributed by atoms with Crippen LogP contribution in [0.15, 0.2) is 0 Å². The van der Waals surface area contributed by atoms with E-state index in [4.69, 9.17) is 4.74 Å². The molecule has 1 amide bonds. The third-order valence-electron chi connectivity index (χ3n) is 4.14. The Kier molecular flexibility index (Phi) is 5.01. The second-order valence-electron chi connectivity index (χ2n) is 5.88. The van der Waals surface area contributed by atoms with E-state index in [2.05, 4.69) is 12.2 Å². The highest BCUT2D eigenvalue weighted by molar-refractivity contribution is 5.78. The van der Waals surface area contributed by atoms with E-state index in [-0.39, 0.29) is 5.92 Å². The Balaban J connectivity index is 1.79. The van der Waals surface area contributed by atoms with E-state index in [1.165, 1.54) is 6.42 Å². The van der Waals surface area contributed by atoms with Crippen molar-refractivity contribution in [2.45, 2.75) is 38.6 Å². The van der Waals surface area contributed by atoms with Gasteiger partial charge in [0.15, 0.2) is 0 Å². The summed E-state index contributed by atoms with van der Waals surface area (Å²) in [5.74, 6) is 1.08.